The minimum absolute atomic E-state index is 0.244. The summed E-state index contributed by atoms with van der Waals surface area (Å²) in [7, 11) is 0. The van der Waals surface area contributed by atoms with Crippen LogP contribution >= 0.6 is 0 Å². The maximum Gasteiger partial charge on any atom is 0.407 e. The number of nitrogens with one attached hydrogen (secondary N) is 2. The van der Waals surface area contributed by atoms with E-state index in [1.807, 2.05) is 45.9 Å². The predicted octanol–water partition coefficient (Wildman–Crippen LogP) is 3.73. The van der Waals surface area contributed by atoms with Crippen LogP contribution in [0.5, 0.6) is 0 Å². The van der Waals surface area contributed by atoms with E-state index >= 15 is 0 Å². The summed E-state index contributed by atoms with van der Waals surface area (Å²) in [6.07, 6.45) is -0.475. The number of carbonyl (C=O) groups excluding carboxylic acids is 1. The summed E-state index contributed by atoms with van der Waals surface area (Å²) in [5.41, 5.74) is 2.23. The van der Waals surface area contributed by atoms with Gasteiger partial charge in [-0.2, -0.15) is 0 Å². The van der Waals surface area contributed by atoms with Gasteiger partial charge in [0.15, 0.2) is 0 Å². The van der Waals surface area contributed by atoms with Gasteiger partial charge in [-0.15, -0.1) is 0 Å². The summed E-state index contributed by atoms with van der Waals surface area (Å²) in [5.74, 6) is -0.308. The molecule has 144 valence electrons. The Kier molecular flexibility index (Phi) is 6.39. The monoisotopic (exact) mass is 371 g/mol. The molecule has 0 aliphatic rings. The lowest BCUT2D eigenvalue weighted by atomic mass is 10.1. The van der Waals surface area contributed by atoms with Crippen molar-refractivity contribution < 1.29 is 19.4 Å². The Hall–Kier alpha value is -3.09. The Morgan fingerprint density at radius 1 is 1.11 bits per heavy atom. The number of benzene rings is 1. The maximum absolute atomic E-state index is 11.8. The van der Waals surface area contributed by atoms with E-state index in [0.717, 1.165) is 16.8 Å². The Balaban J connectivity index is 1.99. The number of hydrogen-bond donors (Lipinski definition) is 3. The minimum atomic E-state index is -0.957. The van der Waals surface area contributed by atoms with Gasteiger partial charge in [-0.05, 0) is 63.1 Å². The molecule has 0 aliphatic carbocycles. The molecule has 0 unspecified atom stereocenters. The second-order valence-electron chi connectivity index (χ2n) is 7.22. The van der Waals surface area contributed by atoms with Gasteiger partial charge in [-0.1, -0.05) is 12.1 Å². The molecule has 1 aromatic heterocycles. The molecule has 27 heavy (non-hydrogen) atoms. The van der Waals surface area contributed by atoms with Crippen molar-refractivity contribution >= 4 is 17.9 Å². The normalized spacial score (nSPS) is 11.0. The van der Waals surface area contributed by atoms with Gasteiger partial charge < -0.3 is 20.5 Å². The van der Waals surface area contributed by atoms with Crippen LogP contribution in [0.15, 0.2) is 36.4 Å². The van der Waals surface area contributed by atoms with Crippen molar-refractivity contribution in [2.45, 2.75) is 46.4 Å². The van der Waals surface area contributed by atoms with Crippen molar-refractivity contribution in [3.8, 4) is 0 Å². The van der Waals surface area contributed by atoms with E-state index in [-0.39, 0.29) is 5.56 Å². The van der Waals surface area contributed by atoms with E-state index in [1.54, 1.807) is 18.2 Å². The highest BCUT2D eigenvalue weighted by molar-refractivity contribution is 5.87. The molecule has 1 aromatic carbocycles. The molecule has 0 fully saturated rings. The summed E-state index contributed by atoms with van der Waals surface area (Å²) >= 11 is 0. The Bertz CT molecular complexity index is 828. The number of alkyl carbamates (subject to hydrolysis) is 1. The third-order valence-corrected chi connectivity index (χ3v) is 3.50. The smallest absolute Gasteiger partial charge is 0.407 e. The molecule has 7 heteroatoms. The van der Waals surface area contributed by atoms with Gasteiger partial charge in [0.05, 0.1) is 5.56 Å². The molecule has 1 amide bonds. The van der Waals surface area contributed by atoms with Crippen LogP contribution in [-0.4, -0.2) is 27.8 Å². The molecule has 3 N–H and O–H groups in total. The zero-order valence-corrected chi connectivity index (χ0v) is 16.0. The fraction of sp³-hybridized carbons (Fsp3) is 0.350. The summed E-state index contributed by atoms with van der Waals surface area (Å²) in [6.45, 7) is 8.06. The lowest BCUT2D eigenvalue weighted by molar-refractivity contribution is 0.0523. The largest absolute Gasteiger partial charge is 0.478 e. The summed E-state index contributed by atoms with van der Waals surface area (Å²) < 4.78 is 5.23. The number of aryl methyl sites for hydroxylation is 1. The molecule has 0 spiro atoms. The number of carbonyl (C=O) groups is 2. The topological polar surface area (TPSA) is 101 Å². The fourth-order valence-corrected chi connectivity index (χ4v) is 2.43. The second kappa shape index (κ2) is 8.53. The zero-order valence-electron chi connectivity index (χ0n) is 16.0. The molecule has 2 rings (SSSR count). The highest BCUT2D eigenvalue weighted by Gasteiger charge is 2.15. The van der Waals surface area contributed by atoms with Crippen molar-refractivity contribution in [1.29, 1.82) is 0 Å². The standard InChI is InChI=1S/C20H25N3O4/c1-13-8-15(12-22-19(26)27-20(2,3)4)10-17(23-13)21-11-14-6-5-7-16(9-14)18(24)25/h5-10H,11-12H2,1-4H3,(H,21,23)(H,22,26)(H,24,25). The molecule has 0 bridgehead atoms. The van der Waals surface area contributed by atoms with Gasteiger partial charge in [-0.25, -0.2) is 14.6 Å². The van der Waals surface area contributed by atoms with E-state index < -0.39 is 17.7 Å². The quantitative estimate of drug-likeness (QED) is 0.715. The summed E-state index contributed by atoms with van der Waals surface area (Å²) in [5, 5.41) is 15.0. The van der Waals surface area contributed by atoms with Crippen molar-refractivity contribution in [2.24, 2.45) is 0 Å². The van der Waals surface area contributed by atoms with Gasteiger partial charge >= 0.3 is 12.1 Å². The van der Waals surface area contributed by atoms with Crippen molar-refractivity contribution in [3.05, 3.63) is 58.8 Å². The number of ether oxygens (including phenoxy) is 1. The average Bonchev–Trinajstić information content (AvgIpc) is 2.56. The summed E-state index contributed by atoms with van der Waals surface area (Å²) in [4.78, 5) is 27.3. The van der Waals surface area contributed by atoms with Gasteiger partial charge in [-0.3, -0.25) is 0 Å². The van der Waals surface area contributed by atoms with Crippen LogP contribution in [-0.2, 0) is 17.8 Å². The molecule has 2 aromatic rings. The molecule has 0 saturated carbocycles. The number of carboxylic acids is 1. The number of aromatic nitrogens is 1. The number of anilines is 1. The Labute approximate surface area is 158 Å². The van der Waals surface area contributed by atoms with Gasteiger partial charge in [0, 0.05) is 18.8 Å². The minimum Gasteiger partial charge on any atom is -0.478 e. The highest BCUT2D eigenvalue weighted by Crippen LogP contribution is 2.13. The van der Waals surface area contributed by atoms with Crippen LogP contribution in [0.3, 0.4) is 0 Å². The number of amides is 1. The van der Waals surface area contributed by atoms with Gasteiger partial charge in [0.25, 0.3) is 0 Å². The third kappa shape index (κ3) is 6.97. The van der Waals surface area contributed by atoms with Crippen LogP contribution in [0.25, 0.3) is 0 Å². The van der Waals surface area contributed by atoms with E-state index in [2.05, 4.69) is 15.6 Å². The SMILES string of the molecule is Cc1cc(CNC(=O)OC(C)(C)C)cc(NCc2cccc(C(=O)O)c2)n1. The zero-order chi connectivity index (χ0) is 20.0. The first kappa shape index (κ1) is 20.2. The first-order chi connectivity index (χ1) is 12.6. The lowest BCUT2D eigenvalue weighted by Crippen LogP contribution is -2.32. The highest BCUT2D eigenvalue weighted by atomic mass is 16.6. The molecular weight excluding hydrogens is 346 g/mol. The van der Waals surface area contributed by atoms with E-state index in [0.29, 0.717) is 18.9 Å². The van der Waals surface area contributed by atoms with Crippen LogP contribution in [0, 0.1) is 6.92 Å². The number of carboxylic acid groups (broad SMARTS) is 1. The van der Waals surface area contributed by atoms with E-state index in [4.69, 9.17) is 9.84 Å². The van der Waals surface area contributed by atoms with Crippen molar-refractivity contribution in [3.63, 3.8) is 0 Å². The molecule has 0 saturated heterocycles. The number of pyridine rings is 1. The second-order valence-corrected chi connectivity index (χ2v) is 7.22. The average molecular weight is 371 g/mol. The van der Waals surface area contributed by atoms with Crippen LogP contribution in [0.1, 0.15) is 48.0 Å². The molecular formula is C20H25N3O4. The molecule has 7 nitrogen and oxygen atoms in total. The number of aromatic carboxylic acids is 1. The third-order valence-electron chi connectivity index (χ3n) is 3.50. The predicted molar refractivity (Wildman–Crippen MR) is 103 cm³/mol. The Morgan fingerprint density at radius 3 is 2.52 bits per heavy atom. The fourth-order valence-electron chi connectivity index (χ4n) is 2.43. The van der Waals surface area contributed by atoms with Crippen LogP contribution in [0.2, 0.25) is 0 Å². The van der Waals surface area contributed by atoms with E-state index in [1.165, 1.54) is 0 Å². The molecule has 0 radical (unpaired) electrons. The van der Waals surface area contributed by atoms with Crippen molar-refractivity contribution in [2.75, 3.05) is 5.32 Å². The number of nitrogens with zero attached hydrogens (tertiary/aromatic N) is 1. The first-order valence-corrected chi connectivity index (χ1v) is 8.63. The van der Waals surface area contributed by atoms with Gasteiger partial charge in [0.2, 0.25) is 0 Å². The van der Waals surface area contributed by atoms with Crippen LogP contribution in [0.4, 0.5) is 10.6 Å². The summed E-state index contributed by atoms with van der Waals surface area (Å²) in [6, 6.07) is 10.5. The first-order valence-electron chi connectivity index (χ1n) is 8.63. The number of rotatable bonds is 6. The number of hydrogen-bond acceptors (Lipinski definition) is 5. The Morgan fingerprint density at radius 2 is 1.85 bits per heavy atom. The molecule has 0 atom stereocenters. The molecule has 0 aliphatic heterocycles. The maximum atomic E-state index is 11.8. The van der Waals surface area contributed by atoms with E-state index in [9.17, 15) is 9.59 Å². The molecule has 1 heterocycles. The van der Waals surface area contributed by atoms with Gasteiger partial charge in [0.1, 0.15) is 11.4 Å². The lowest BCUT2D eigenvalue weighted by Gasteiger charge is -2.19. The van der Waals surface area contributed by atoms with Crippen LogP contribution < -0.4 is 10.6 Å². The van der Waals surface area contributed by atoms with Crippen molar-refractivity contribution in [1.82, 2.24) is 10.3 Å².